The van der Waals surface area contributed by atoms with E-state index in [-0.39, 0.29) is 41.9 Å². The van der Waals surface area contributed by atoms with Crippen molar-refractivity contribution in [3.63, 3.8) is 0 Å². The van der Waals surface area contributed by atoms with E-state index in [1.54, 1.807) is 49.4 Å². The lowest BCUT2D eigenvalue weighted by molar-refractivity contribution is -0.386. The van der Waals surface area contributed by atoms with Gasteiger partial charge in [-0.1, -0.05) is 59.6 Å². The second-order valence-corrected chi connectivity index (χ2v) is 9.91. The molecule has 0 amide bonds. The van der Waals surface area contributed by atoms with Crippen LogP contribution in [0, 0.1) is 10.1 Å². The van der Waals surface area contributed by atoms with E-state index in [4.69, 9.17) is 21.1 Å². The topological polar surface area (TPSA) is 109 Å². The third-order valence-electron chi connectivity index (χ3n) is 5.56. The van der Waals surface area contributed by atoms with Crippen molar-refractivity contribution in [3.8, 4) is 11.5 Å². The lowest BCUT2D eigenvalue weighted by Crippen LogP contribution is -2.23. The molecule has 0 aliphatic carbocycles. The molecular formula is C27H24BrClN4O5. The molecule has 0 aliphatic heterocycles. The van der Waals surface area contributed by atoms with Gasteiger partial charge in [0.1, 0.15) is 12.4 Å². The normalized spacial score (nSPS) is 11.4. The first-order chi connectivity index (χ1) is 18.2. The lowest BCUT2D eigenvalue weighted by Gasteiger charge is -2.14. The van der Waals surface area contributed by atoms with E-state index in [0.717, 1.165) is 4.47 Å². The van der Waals surface area contributed by atoms with Crippen molar-refractivity contribution in [1.82, 2.24) is 9.66 Å². The van der Waals surface area contributed by atoms with Crippen molar-refractivity contribution in [2.24, 2.45) is 5.10 Å². The van der Waals surface area contributed by atoms with E-state index in [2.05, 4.69) is 26.0 Å². The number of hydrogen-bond donors (Lipinski definition) is 0. The summed E-state index contributed by atoms with van der Waals surface area (Å²) in [6, 6.07) is 15.2. The zero-order chi connectivity index (χ0) is 27.4. The molecule has 3 aromatic carbocycles. The molecule has 1 aromatic heterocycles. The van der Waals surface area contributed by atoms with Gasteiger partial charge in [-0.3, -0.25) is 14.9 Å². The van der Waals surface area contributed by atoms with Gasteiger partial charge in [0.2, 0.25) is 5.75 Å². The number of hydrogen-bond acceptors (Lipinski definition) is 7. The highest BCUT2D eigenvalue weighted by Gasteiger charge is 2.23. The second kappa shape index (κ2) is 11.7. The van der Waals surface area contributed by atoms with Gasteiger partial charge in [0.15, 0.2) is 5.75 Å². The molecule has 0 N–H and O–H groups in total. The van der Waals surface area contributed by atoms with Crippen molar-refractivity contribution in [3.05, 3.63) is 102 Å². The molecule has 0 radical (unpaired) electrons. The fraction of sp³-hybridized carbons (Fsp3) is 0.222. The predicted octanol–water partition coefficient (Wildman–Crippen LogP) is 6.70. The van der Waals surface area contributed by atoms with Crippen LogP contribution in [-0.2, 0) is 6.61 Å². The molecule has 38 heavy (non-hydrogen) atoms. The Kier molecular flexibility index (Phi) is 8.43. The smallest absolute Gasteiger partial charge is 0.315 e. The molecule has 0 bridgehead atoms. The minimum Gasteiger partial charge on any atom is -0.490 e. The molecular weight excluding hydrogens is 576 g/mol. The Hall–Kier alpha value is -3.76. The lowest BCUT2D eigenvalue weighted by atomic mass is 10.1. The standard InChI is InChI=1S/C27H24BrClN4O5/c1-4-37-24-12-17(11-23(33(35)36)25(24)38-15-18-7-5-6-8-21(18)29)14-30-32-26(16(2)3)31-22-10-9-19(28)13-20(22)27(32)34/h5-14,16H,4,15H2,1-3H3. The van der Waals surface area contributed by atoms with Crippen LogP contribution in [0.25, 0.3) is 10.9 Å². The Morgan fingerprint density at radius 2 is 1.95 bits per heavy atom. The van der Waals surface area contributed by atoms with Crippen molar-refractivity contribution >= 4 is 50.3 Å². The molecule has 0 spiro atoms. The van der Waals surface area contributed by atoms with E-state index in [1.807, 2.05) is 19.9 Å². The van der Waals surface area contributed by atoms with Crippen LogP contribution in [-0.4, -0.2) is 27.4 Å². The quantitative estimate of drug-likeness (QED) is 0.120. The van der Waals surface area contributed by atoms with Crippen LogP contribution in [0.1, 0.15) is 43.6 Å². The van der Waals surface area contributed by atoms with Crippen LogP contribution in [0.15, 0.2) is 69.0 Å². The number of nitrogens with zero attached hydrogens (tertiary/aromatic N) is 4. The number of benzene rings is 3. The van der Waals surface area contributed by atoms with Gasteiger partial charge in [-0.2, -0.15) is 9.78 Å². The van der Waals surface area contributed by atoms with E-state index in [0.29, 0.717) is 32.9 Å². The maximum absolute atomic E-state index is 13.3. The van der Waals surface area contributed by atoms with Crippen LogP contribution >= 0.6 is 27.5 Å². The second-order valence-electron chi connectivity index (χ2n) is 8.59. The molecule has 0 atom stereocenters. The number of halogens is 2. The fourth-order valence-electron chi connectivity index (χ4n) is 3.77. The first-order valence-corrected chi connectivity index (χ1v) is 12.9. The van der Waals surface area contributed by atoms with Crippen LogP contribution in [0.4, 0.5) is 5.69 Å². The Morgan fingerprint density at radius 1 is 1.18 bits per heavy atom. The summed E-state index contributed by atoms with van der Waals surface area (Å²) in [4.78, 5) is 29.4. The highest BCUT2D eigenvalue weighted by atomic mass is 79.9. The molecule has 11 heteroatoms. The van der Waals surface area contributed by atoms with Crippen molar-refractivity contribution < 1.29 is 14.4 Å². The van der Waals surface area contributed by atoms with Gasteiger partial charge in [0, 0.05) is 32.6 Å². The molecule has 9 nitrogen and oxygen atoms in total. The number of aromatic nitrogens is 2. The maximum atomic E-state index is 13.3. The molecule has 4 rings (SSSR count). The van der Waals surface area contributed by atoms with Crippen LogP contribution < -0.4 is 15.0 Å². The monoisotopic (exact) mass is 598 g/mol. The van der Waals surface area contributed by atoms with Crippen molar-refractivity contribution in [1.29, 1.82) is 0 Å². The summed E-state index contributed by atoms with van der Waals surface area (Å²) in [6.07, 6.45) is 1.37. The molecule has 1 heterocycles. The summed E-state index contributed by atoms with van der Waals surface area (Å²) in [6.45, 7) is 5.83. The summed E-state index contributed by atoms with van der Waals surface area (Å²) >= 11 is 9.60. The first-order valence-electron chi connectivity index (χ1n) is 11.8. The van der Waals surface area contributed by atoms with Gasteiger partial charge in [-0.25, -0.2) is 4.98 Å². The molecule has 0 aliphatic rings. The molecule has 4 aromatic rings. The number of fused-ring (bicyclic) bond motifs is 1. The molecule has 0 fully saturated rings. The van der Waals surface area contributed by atoms with Crippen LogP contribution in [0.3, 0.4) is 0 Å². The predicted molar refractivity (Wildman–Crippen MR) is 151 cm³/mol. The van der Waals surface area contributed by atoms with Crippen molar-refractivity contribution in [2.75, 3.05) is 6.61 Å². The molecule has 0 saturated heterocycles. The van der Waals surface area contributed by atoms with Gasteiger partial charge in [0.05, 0.1) is 28.6 Å². The largest absolute Gasteiger partial charge is 0.490 e. The third kappa shape index (κ3) is 5.87. The minimum atomic E-state index is -0.553. The van der Waals surface area contributed by atoms with Gasteiger partial charge in [-0.05, 0) is 37.3 Å². The fourth-order valence-corrected chi connectivity index (χ4v) is 4.32. The maximum Gasteiger partial charge on any atom is 0.315 e. The summed E-state index contributed by atoms with van der Waals surface area (Å²) in [5.74, 6) is 0.500. The SMILES string of the molecule is CCOc1cc(C=Nn2c(C(C)C)nc3ccc(Br)cc3c2=O)cc([N+](=O)[O-])c1OCc1ccccc1Cl. The van der Waals surface area contributed by atoms with E-state index in [9.17, 15) is 14.9 Å². The van der Waals surface area contributed by atoms with Gasteiger partial charge >= 0.3 is 5.69 Å². The highest BCUT2D eigenvalue weighted by Crippen LogP contribution is 2.39. The zero-order valence-electron chi connectivity index (χ0n) is 20.9. The average molecular weight is 600 g/mol. The van der Waals surface area contributed by atoms with Crippen LogP contribution in [0.5, 0.6) is 11.5 Å². The van der Waals surface area contributed by atoms with E-state index in [1.165, 1.54) is 17.0 Å². The van der Waals surface area contributed by atoms with Crippen molar-refractivity contribution in [2.45, 2.75) is 33.3 Å². The first kappa shape index (κ1) is 27.3. The van der Waals surface area contributed by atoms with Gasteiger partial charge in [-0.15, -0.1) is 0 Å². The summed E-state index contributed by atoms with van der Waals surface area (Å²) in [5, 5.41) is 17.2. The number of nitro benzene ring substituents is 1. The summed E-state index contributed by atoms with van der Waals surface area (Å²) in [7, 11) is 0. The van der Waals surface area contributed by atoms with E-state index < -0.39 is 4.92 Å². The Bertz CT molecular complexity index is 1600. The zero-order valence-corrected chi connectivity index (χ0v) is 23.2. The Labute approximate surface area is 232 Å². The Morgan fingerprint density at radius 3 is 2.63 bits per heavy atom. The van der Waals surface area contributed by atoms with Gasteiger partial charge < -0.3 is 9.47 Å². The Balaban J connectivity index is 1.78. The molecule has 196 valence electrons. The molecule has 0 saturated carbocycles. The highest BCUT2D eigenvalue weighted by molar-refractivity contribution is 9.10. The van der Waals surface area contributed by atoms with Gasteiger partial charge in [0.25, 0.3) is 5.56 Å². The number of rotatable bonds is 9. The van der Waals surface area contributed by atoms with Crippen LogP contribution in [0.2, 0.25) is 5.02 Å². The summed E-state index contributed by atoms with van der Waals surface area (Å²) in [5.41, 5.74) is 0.924. The number of ether oxygens (including phenoxy) is 2. The third-order valence-corrected chi connectivity index (χ3v) is 6.42. The van der Waals surface area contributed by atoms with E-state index >= 15 is 0 Å². The summed E-state index contributed by atoms with van der Waals surface area (Å²) < 4.78 is 13.5. The molecule has 0 unspecified atom stereocenters. The average Bonchev–Trinajstić information content (AvgIpc) is 2.88. The number of nitro groups is 1. The minimum absolute atomic E-state index is 0.0134.